The molecule has 0 fully saturated rings. The number of hydrogen-bond donors (Lipinski definition) is 0. The van der Waals surface area contributed by atoms with Crippen LogP contribution < -0.4 is 9.74 Å². The van der Waals surface area contributed by atoms with E-state index in [-0.39, 0.29) is 18.6 Å². The summed E-state index contributed by atoms with van der Waals surface area (Å²) in [6, 6.07) is 12.7. The van der Waals surface area contributed by atoms with Gasteiger partial charge in [0.1, 0.15) is 11.0 Å². The highest BCUT2D eigenvalue weighted by atomic mass is 16.7. The molecule has 0 bridgehead atoms. The van der Waals surface area contributed by atoms with E-state index in [1.165, 1.54) is 7.11 Å². The highest BCUT2D eigenvalue weighted by molar-refractivity contribution is 5.97. The van der Waals surface area contributed by atoms with Gasteiger partial charge in [-0.3, -0.25) is 4.79 Å². The van der Waals surface area contributed by atoms with Crippen LogP contribution in [0.4, 0.5) is 5.69 Å². The zero-order chi connectivity index (χ0) is 19.0. The molecule has 0 radical (unpaired) electrons. The molecule has 8 nitrogen and oxygen atoms in total. The number of anilines is 1. The van der Waals surface area contributed by atoms with Gasteiger partial charge in [-0.1, -0.05) is 23.0 Å². The van der Waals surface area contributed by atoms with Gasteiger partial charge in [0.25, 0.3) is 5.91 Å². The number of methoxy groups -OCH3 is 1. The average molecular weight is 366 g/mol. The molecule has 0 saturated heterocycles. The highest BCUT2D eigenvalue weighted by Gasteiger charge is 2.30. The predicted octanol–water partition coefficient (Wildman–Crippen LogP) is 1.62. The Morgan fingerprint density at radius 1 is 1.22 bits per heavy atom. The van der Waals surface area contributed by atoms with Crippen LogP contribution in [0.2, 0.25) is 0 Å². The van der Waals surface area contributed by atoms with Gasteiger partial charge in [-0.15, -0.1) is 5.10 Å². The number of rotatable bonds is 4. The van der Waals surface area contributed by atoms with Gasteiger partial charge in [0, 0.05) is 11.7 Å². The Morgan fingerprint density at radius 3 is 2.85 bits per heavy atom. The fourth-order valence-corrected chi connectivity index (χ4v) is 3.37. The standard InChI is InChI=1S/C19H18N4O4/c1-12-9-13-5-3-4-6-16(13)22(12)18(24)11-27-23-17-10-14(19(25)26-2)7-8-15(17)20-21-23/h3-8,10,12H,9,11H2,1-2H3/t12-/m0/s1. The van der Waals surface area contributed by atoms with Crippen molar-refractivity contribution in [3.05, 3.63) is 53.6 Å². The first-order valence-electron chi connectivity index (χ1n) is 8.55. The van der Waals surface area contributed by atoms with Crippen molar-refractivity contribution in [3.63, 3.8) is 0 Å². The summed E-state index contributed by atoms with van der Waals surface area (Å²) in [7, 11) is 1.31. The van der Waals surface area contributed by atoms with Gasteiger partial charge >= 0.3 is 5.97 Å². The molecule has 8 heteroatoms. The molecule has 0 spiro atoms. The number of esters is 1. The summed E-state index contributed by atoms with van der Waals surface area (Å²) in [5.41, 5.74) is 3.45. The Morgan fingerprint density at radius 2 is 2.04 bits per heavy atom. The number of aromatic nitrogens is 3. The Balaban J connectivity index is 1.53. The summed E-state index contributed by atoms with van der Waals surface area (Å²) in [4.78, 5) is 32.9. The second kappa shape index (κ2) is 6.71. The van der Waals surface area contributed by atoms with Gasteiger partial charge < -0.3 is 14.5 Å². The molecule has 1 aliphatic rings. The molecule has 0 saturated carbocycles. The van der Waals surface area contributed by atoms with Crippen molar-refractivity contribution in [1.29, 1.82) is 0 Å². The number of nitrogens with zero attached hydrogens (tertiary/aromatic N) is 4. The summed E-state index contributed by atoms with van der Waals surface area (Å²) >= 11 is 0. The van der Waals surface area contributed by atoms with Crippen molar-refractivity contribution in [3.8, 4) is 0 Å². The summed E-state index contributed by atoms with van der Waals surface area (Å²) in [6.07, 6.45) is 0.816. The smallest absolute Gasteiger partial charge is 0.337 e. The maximum Gasteiger partial charge on any atom is 0.337 e. The van der Waals surface area contributed by atoms with Crippen molar-refractivity contribution < 1.29 is 19.2 Å². The molecule has 27 heavy (non-hydrogen) atoms. The van der Waals surface area contributed by atoms with E-state index in [0.29, 0.717) is 16.6 Å². The average Bonchev–Trinajstić information content (AvgIpc) is 3.24. The van der Waals surface area contributed by atoms with Crippen molar-refractivity contribution in [2.45, 2.75) is 19.4 Å². The monoisotopic (exact) mass is 366 g/mol. The van der Waals surface area contributed by atoms with Crippen molar-refractivity contribution in [2.24, 2.45) is 0 Å². The normalized spacial score (nSPS) is 15.6. The van der Waals surface area contributed by atoms with E-state index >= 15 is 0 Å². The molecule has 0 aliphatic carbocycles. The lowest BCUT2D eigenvalue weighted by Crippen LogP contribution is -2.40. The fraction of sp³-hybridized carbons (Fsp3) is 0.263. The number of amides is 1. The first kappa shape index (κ1) is 17.0. The number of carbonyl (C=O) groups is 2. The molecule has 2 heterocycles. The van der Waals surface area contributed by atoms with Gasteiger partial charge in [-0.25, -0.2) is 4.79 Å². The molecule has 1 atom stereocenters. The van der Waals surface area contributed by atoms with E-state index in [4.69, 9.17) is 9.57 Å². The summed E-state index contributed by atoms with van der Waals surface area (Å²) in [5, 5.41) is 7.89. The lowest BCUT2D eigenvalue weighted by Gasteiger charge is -2.22. The fourth-order valence-electron chi connectivity index (χ4n) is 3.37. The zero-order valence-corrected chi connectivity index (χ0v) is 15.0. The maximum atomic E-state index is 12.7. The molecule has 138 valence electrons. The summed E-state index contributed by atoms with van der Waals surface area (Å²) in [6.45, 7) is 1.81. The number of hydrogen-bond acceptors (Lipinski definition) is 6. The van der Waals surface area contributed by atoms with Gasteiger partial charge in [0.2, 0.25) is 0 Å². The minimum Gasteiger partial charge on any atom is -0.465 e. The van der Waals surface area contributed by atoms with Gasteiger partial charge in [-0.05, 0) is 48.4 Å². The molecule has 2 aromatic carbocycles. The molecular formula is C19H18N4O4. The number of benzene rings is 2. The van der Waals surface area contributed by atoms with Crippen LogP contribution in [0.25, 0.3) is 11.0 Å². The summed E-state index contributed by atoms with van der Waals surface area (Å²) < 4.78 is 4.72. The first-order valence-corrected chi connectivity index (χ1v) is 8.55. The molecular weight excluding hydrogens is 348 g/mol. The van der Waals surface area contributed by atoms with Crippen LogP contribution in [0.1, 0.15) is 22.8 Å². The minimum absolute atomic E-state index is 0.0666. The number of carbonyl (C=O) groups excluding carboxylic acids is 2. The van der Waals surface area contributed by atoms with Crippen LogP contribution in [0.3, 0.4) is 0 Å². The highest BCUT2D eigenvalue weighted by Crippen LogP contribution is 2.31. The van der Waals surface area contributed by atoms with Crippen molar-refractivity contribution in [1.82, 2.24) is 15.2 Å². The van der Waals surface area contributed by atoms with Crippen LogP contribution in [0.15, 0.2) is 42.5 Å². The maximum absolute atomic E-state index is 12.7. The SMILES string of the molecule is COC(=O)c1ccc2nnn(OCC(=O)N3c4ccccc4C[C@@H]3C)c2c1. The Bertz CT molecular complexity index is 1030. The van der Waals surface area contributed by atoms with Gasteiger partial charge in [0.15, 0.2) is 6.61 Å². The number of fused-ring (bicyclic) bond motifs is 2. The van der Waals surface area contributed by atoms with E-state index in [1.807, 2.05) is 31.2 Å². The van der Waals surface area contributed by atoms with Crippen LogP contribution >= 0.6 is 0 Å². The Hall–Kier alpha value is -3.42. The quantitative estimate of drug-likeness (QED) is 0.652. The molecule has 4 rings (SSSR count). The third kappa shape index (κ3) is 2.99. The van der Waals surface area contributed by atoms with Crippen LogP contribution in [-0.4, -0.2) is 46.8 Å². The van der Waals surface area contributed by atoms with E-state index < -0.39 is 5.97 Å². The summed E-state index contributed by atoms with van der Waals surface area (Å²) in [5.74, 6) is -0.636. The van der Waals surface area contributed by atoms with E-state index in [9.17, 15) is 9.59 Å². The second-order valence-corrected chi connectivity index (χ2v) is 6.38. The zero-order valence-electron chi connectivity index (χ0n) is 15.0. The Kier molecular flexibility index (Phi) is 4.23. The third-order valence-electron chi connectivity index (χ3n) is 4.62. The lowest BCUT2D eigenvalue weighted by atomic mass is 10.1. The van der Waals surface area contributed by atoms with Gasteiger partial charge in [-0.2, -0.15) is 0 Å². The number of para-hydroxylation sites is 1. The first-order chi connectivity index (χ1) is 13.1. The molecule has 0 N–H and O–H groups in total. The van der Waals surface area contributed by atoms with E-state index in [2.05, 4.69) is 10.3 Å². The molecule has 3 aromatic rings. The topological polar surface area (TPSA) is 86.5 Å². The van der Waals surface area contributed by atoms with E-state index in [0.717, 1.165) is 22.5 Å². The molecule has 1 amide bonds. The molecule has 0 unspecified atom stereocenters. The minimum atomic E-state index is -0.469. The van der Waals surface area contributed by atoms with E-state index in [1.54, 1.807) is 23.1 Å². The lowest BCUT2D eigenvalue weighted by molar-refractivity contribution is -0.124. The van der Waals surface area contributed by atoms with Crippen molar-refractivity contribution in [2.75, 3.05) is 18.6 Å². The van der Waals surface area contributed by atoms with Crippen LogP contribution in [0.5, 0.6) is 0 Å². The van der Waals surface area contributed by atoms with Crippen LogP contribution in [0, 0.1) is 0 Å². The van der Waals surface area contributed by atoms with Gasteiger partial charge in [0.05, 0.1) is 12.7 Å². The molecule has 1 aromatic heterocycles. The van der Waals surface area contributed by atoms with Crippen molar-refractivity contribution >= 4 is 28.6 Å². The number of ether oxygens (including phenoxy) is 1. The predicted molar refractivity (Wildman–Crippen MR) is 97.4 cm³/mol. The largest absolute Gasteiger partial charge is 0.465 e. The second-order valence-electron chi connectivity index (χ2n) is 6.38. The molecule has 1 aliphatic heterocycles. The third-order valence-corrected chi connectivity index (χ3v) is 4.62. The Labute approximate surface area is 155 Å². The van der Waals surface area contributed by atoms with Crippen LogP contribution in [-0.2, 0) is 16.0 Å².